The second kappa shape index (κ2) is 10.2. The lowest BCUT2D eigenvalue weighted by Crippen LogP contribution is -2.29. The summed E-state index contributed by atoms with van der Waals surface area (Å²) in [4.78, 5) is 17.2. The van der Waals surface area contributed by atoms with Gasteiger partial charge in [-0.15, -0.1) is 0 Å². The van der Waals surface area contributed by atoms with Crippen LogP contribution in [0.5, 0.6) is 11.5 Å². The second-order valence-electron chi connectivity index (χ2n) is 7.38. The van der Waals surface area contributed by atoms with Crippen LogP contribution in [0.2, 0.25) is 10.0 Å². The molecule has 3 aromatic rings. The maximum Gasteiger partial charge on any atom is 0.338 e. The highest BCUT2D eigenvalue weighted by molar-refractivity contribution is 6.35. The van der Waals surface area contributed by atoms with Gasteiger partial charge in [-0.25, -0.2) is 9.48 Å². The molecule has 10 heteroatoms. The number of halogens is 2. The van der Waals surface area contributed by atoms with Crippen LogP contribution in [0.3, 0.4) is 0 Å². The van der Waals surface area contributed by atoms with Crippen LogP contribution in [-0.2, 0) is 16.1 Å². The first-order valence-electron chi connectivity index (χ1n) is 10.3. The molecule has 0 spiro atoms. The number of nitrogens with zero attached hydrogens (tertiary/aromatic N) is 3. The molecule has 0 amide bonds. The van der Waals surface area contributed by atoms with Crippen molar-refractivity contribution in [1.29, 1.82) is 0 Å². The summed E-state index contributed by atoms with van der Waals surface area (Å²) >= 11 is 12.5. The molecule has 1 aliphatic rings. The van der Waals surface area contributed by atoms with Crippen LogP contribution < -0.4 is 14.8 Å². The summed E-state index contributed by atoms with van der Waals surface area (Å²) in [6, 6.07) is 10.1. The molecular weight excluding hydrogens is 479 g/mol. The predicted molar refractivity (Wildman–Crippen MR) is 129 cm³/mol. The van der Waals surface area contributed by atoms with Crippen molar-refractivity contribution in [3.05, 3.63) is 87.8 Å². The summed E-state index contributed by atoms with van der Waals surface area (Å²) in [6.07, 6.45) is 2.93. The topological polar surface area (TPSA) is 87.5 Å². The van der Waals surface area contributed by atoms with Gasteiger partial charge >= 0.3 is 5.97 Å². The molecule has 0 aliphatic carbocycles. The van der Waals surface area contributed by atoms with E-state index in [-0.39, 0.29) is 13.2 Å². The predicted octanol–water partition coefficient (Wildman–Crippen LogP) is 5.19. The van der Waals surface area contributed by atoms with Gasteiger partial charge in [0.1, 0.15) is 25.6 Å². The van der Waals surface area contributed by atoms with E-state index in [9.17, 15) is 4.79 Å². The van der Waals surface area contributed by atoms with E-state index in [1.165, 1.54) is 19.5 Å². The number of anilines is 1. The molecule has 0 saturated carbocycles. The van der Waals surface area contributed by atoms with E-state index in [1.54, 1.807) is 41.9 Å². The van der Waals surface area contributed by atoms with Crippen molar-refractivity contribution in [2.24, 2.45) is 0 Å². The number of allylic oxidation sites excluding steroid dienone is 1. The number of nitrogens with one attached hydrogen (secondary N) is 1. The fourth-order valence-corrected chi connectivity index (χ4v) is 4.18. The zero-order valence-electron chi connectivity index (χ0n) is 18.5. The SMILES string of the molecule is C=CCOC(=O)C1=C(C)Nc2ncnn2C1c1ccc(OCc2c(Cl)cccc2Cl)c(OC)c1. The van der Waals surface area contributed by atoms with Crippen molar-refractivity contribution in [2.45, 2.75) is 19.6 Å². The fraction of sp³-hybridized carbons (Fsp3) is 0.208. The Labute approximate surface area is 206 Å². The van der Waals surface area contributed by atoms with E-state index in [0.717, 1.165) is 5.56 Å². The molecule has 0 bridgehead atoms. The van der Waals surface area contributed by atoms with Gasteiger partial charge in [-0.1, -0.05) is 48.0 Å². The Hall–Kier alpha value is -3.49. The van der Waals surface area contributed by atoms with Gasteiger partial charge in [0.15, 0.2) is 11.5 Å². The number of hydrogen-bond acceptors (Lipinski definition) is 7. The molecule has 176 valence electrons. The van der Waals surface area contributed by atoms with Crippen LogP contribution in [0.4, 0.5) is 5.95 Å². The number of fused-ring (bicyclic) bond motifs is 1. The third-order valence-corrected chi connectivity index (χ3v) is 5.99. The molecule has 2 heterocycles. The van der Waals surface area contributed by atoms with Gasteiger partial charge in [0.05, 0.1) is 12.7 Å². The molecule has 0 fully saturated rings. The Balaban J connectivity index is 1.69. The lowest BCUT2D eigenvalue weighted by Gasteiger charge is -2.28. The molecule has 34 heavy (non-hydrogen) atoms. The standard InChI is InChI=1S/C24H22Cl2N4O4/c1-4-10-33-23(31)21-14(2)29-24-27-13-28-30(24)22(21)15-8-9-19(20(11-15)32-3)34-12-16-17(25)6-5-7-18(16)26/h4-9,11,13,22H,1,10,12H2,2-3H3,(H,27,28,29). The molecule has 1 atom stereocenters. The van der Waals surface area contributed by atoms with Crippen LogP contribution in [-0.4, -0.2) is 34.5 Å². The molecular formula is C24H22Cl2N4O4. The first kappa shape index (κ1) is 23.7. The summed E-state index contributed by atoms with van der Waals surface area (Å²) in [6.45, 7) is 5.64. The van der Waals surface area contributed by atoms with Gasteiger partial charge in [-0.2, -0.15) is 10.1 Å². The molecule has 8 nitrogen and oxygen atoms in total. The van der Waals surface area contributed by atoms with Gasteiger partial charge in [-0.3, -0.25) is 0 Å². The van der Waals surface area contributed by atoms with Gasteiger partial charge in [0.25, 0.3) is 0 Å². The smallest absolute Gasteiger partial charge is 0.338 e. The van der Waals surface area contributed by atoms with E-state index in [0.29, 0.717) is 44.3 Å². The highest BCUT2D eigenvalue weighted by Crippen LogP contribution is 2.39. The fourth-order valence-electron chi connectivity index (χ4n) is 3.67. The minimum absolute atomic E-state index is 0.0905. The molecule has 0 saturated heterocycles. The largest absolute Gasteiger partial charge is 0.493 e. The van der Waals surface area contributed by atoms with E-state index >= 15 is 0 Å². The zero-order chi connectivity index (χ0) is 24.2. The van der Waals surface area contributed by atoms with Gasteiger partial charge in [0, 0.05) is 21.3 Å². The van der Waals surface area contributed by atoms with Crippen molar-refractivity contribution in [2.75, 3.05) is 19.0 Å². The summed E-state index contributed by atoms with van der Waals surface area (Å²) in [5, 5.41) is 8.44. The van der Waals surface area contributed by atoms with Crippen LogP contribution in [0.25, 0.3) is 0 Å². The average Bonchev–Trinajstić information content (AvgIpc) is 3.29. The number of methoxy groups -OCH3 is 1. The maximum atomic E-state index is 12.9. The zero-order valence-corrected chi connectivity index (χ0v) is 20.1. The monoisotopic (exact) mass is 500 g/mol. The first-order chi connectivity index (χ1) is 16.4. The van der Waals surface area contributed by atoms with E-state index in [1.807, 2.05) is 6.07 Å². The van der Waals surface area contributed by atoms with Crippen molar-refractivity contribution in [3.8, 4) is 11.5 Å². The van der Waals surface area contributed by atoms with Crippen molar-refractivity contribution < 1.29 is 19.0 Å². The Morgan fingerprint density at radius 2 is 2.00 bits per heavy atom. The molecule has 4 rings (SSSR count). The number of aromatic nitrogens is 3. The average molecular weight is 501 g/mol. The van der Waals surface area contributed by atoms with Crippen LogP contribution >= 0.6 is 23.2 Å². The number of ether oxygens (including phenoxy) is 3. The van der Waals surface area contributed by atoms with E-state index in [2.05, 4.69) is 22.0 Å². The molecule has 1 aliphatic heterocycles. The highest BCUT2D eigenvalue weighted by Gasteiger charge is 2.34. The van der Waals surface area contributed by atoms with Crippen LogP contribution in [0.1, 0.15) is 24.1 Å². The quantitative estimate of drug-likeness (QED) is 0.336. The van der Waals surface area contributed by atoms with Gasteiger partial charge < -0.3 is 19.5 Å². The molecule has 0 radical (unpaired) electrons. The van der Waals surface area contributed by atoms with Gasteiger partial charge in [0.2, 0.25) is 5.95 Å². The van der Waals surface area contributed by atoms with Crippen LogP contribution in [0.15, 0.2) is 66.7 Å². The third-order valence-electron chi connectivity index (χ3n) is 5.28. The Kier molecular flexibility index (Phi) is 7.09. The first-order valence-corrected chi connectivity index (χ1v) is 11.1. The number of carbonyl (C=O) groups excluding carboxylic acids is 1. The summed E-state index contributed by atoms with van der Waals surface area (Å²) < 4.78 is 18.5. The van der Waals surface area contributed by atoms with E-state index in [4.69, 9.17) is 37.4 Å². The van der Waals surface area contributed by atoms with Crippen molar-refractivity contribution in [1.82, 2.24) is 14.8 Å². The minimum Gasteiger partial charge on any atom is -0.493 e. The minimum atomic E-state index is -0.586. The third kappa shape index (κ3) is 4.60. The van der Waals surface area contributed by atoms with Crippen molar-refractivity contribution in [3.63, 3.8) is 0 Å². The van der Waals surface area contributed by atoms with Gasteiger partial charge in [-0.05, 0) is 36.8 Å². The lowest BCUT2D eigenvalue weighted by molar-refractivity contribution is -0.138. The highest BCUT2D eigenvalue weighted by atomic mass is 35.5. The van der Waals surface area contributed by atoms with E-state index < -0.39 is 12.0 Å². The maximum absolute atomic E-state index is 12.9. The van der Waals surface area contributed by atoms with Crippen LogP contribution in [0, 0.1) is 0 Å². The Bertz CT molecular complexity index is 1250. The number of carbonyl (C=O) groups is 1. The summed E-state index contributed by atoms with van der Waals surface area (Å²) in [5.41, 5.74) is 2.43. The lowest BCUT2D eigenvalue weighted by atomic mass is 9.95. The molecule has 2 aromatic carbocycles. The Morgan fingerprint density at radius 3 is 2.71 bits per heavy atom. The number of hydrogen-bond donors (Lipinski definition) is 1. The summed E-state index contributed by atoms with van der Waals surface area (Å²) in [7, 11) is 1.54. The Morgan fingerprint density at radius 1 is 1.24 bits per heavy atom. The normalized spacial score (nSPS) is 14.8. The number of rotatable bonds is 8. The van der Waals surface area contributed by atoms with Crippen molar-refractivity contribution >= 4 is 35.1 Å². The second-order valence-corrected chi connectivity index (χ2v) is 8.20. The molecule has 1 N–H and O–H groups in total. The number of benzene rings is 2. The molecule has 1 unspecified atom stereocenters. The number of esters is 1. The summed E-state index contributed by atoms with van der Waals surface area (Å²) in [5.74, 6) is 0.989. The molecule has 1 aromatic heterocycles.